The number of urea groups is 1. The fourth-order valence-corrected chi connectivity index (χ4v) is 2.27. The van der Waals surface area contributed by atoms with Crippen LogP contribution in [-0.2, 0) is 13.7 Å². The van der Waals surface area contributed by atoms with Crippen LogP contribution < -0.4 is 15.4 Å². The van der Waals surface area contributed by atoms with E-state index in [9.17, 15) is 4.79 Å². The van der Waals surface area contributed by atoms with E-state index in [1.807, 2.05) is 42.1 Å². The second-order valence-electron chi connectivity index (χ2n) is 6.11. The molecule has 0 aliphatic carbocycles. The fraction of sp³-hybridized carbons (Fsp3) is 0.444. The second-order valence-corrected chi connectivity index (χ2v) is 6.11. The van der Waals surface area contributed by atoms with Gasteiger partial charge in [-0.15, -0.1) is 0 Å². The smallest absolute Gasteiger partial charge is 0.316 e. The number of aromatic nitrogens is 2. The van der Waals surface area contributed by atoms with Crippen LogP contribution in [0.15, 0.2) is 36.7 Å². The van der Waals surface area contributed by atoms with E-state index in [0.29, 0.717) is 19.7 Å². The predicted molar refractivity (Wildman–Crippen MR) is 97.5 cm³/mol. The van der Waals surface area contributed by atoms with Crippen molar-refractivity contribution in [2.75, 3.05) is 27.2 Å². The van der Waals surface area contributed by atoms with Gasteiger partial charge in [-0.2, -0.15) is 0 Å². The van der Waals surface area contributed by atoms with Gasteiger partial charge in [0.25, 0.3) is 0 Å². The maximum atomic E-state index is 11.4. The Morgan fingerprint density at radius 1 is 1.28 bits per heavy atom. The highest BCUT2D eigenvalue weighted by molar-refractivity contribution is 5.73. The molecule has 0 aliphatic heterocycles. The van der Waals surface area contributed by atoms with E-state index in [2.05, 4.69) is 22.5 Å². The number of carbonyl (C=O) groups excluding carboxylic acids is 1. The summed E-state index contributed by atoms with van der Waals surface area (Å²) in [6.07, 6.45) is 3.66. The summed E-state index contributed by atoms with van der Waals surface area (Å²) >= 11 is 0. The molecule has 1 atom stereocenters. The van der Waals surface area contributed by atoms with Crippen LogP contribution in [-0.4, -0.2) is 47.7 Å². The lowest BCUT2D eigenvalue weighted by atomic mass is 10.1. The number of ether oxygens (including phenoxy) is 1. The molecule has 1 aromatic heterocycles. The van der Waals surface area contributed by atoms with E-state index >= 15 is 0 Å². The molecule has 1 heterocycles. The molecule has 0 saturated carbocycles. The van der Waals surface area contributed by atoms with Gasteiger partial charge >= 0.3 is 6.03 Å². The third kappa shape index (κ3) is 5.79. The number of imidazole rings is 1. The van der Waals surface area contributed by atoms with Crippen molar-refractivity contribution in [3.63, 3.8) is 0 Å². The Morgan fingerprint density at radius 3 is 2.60 bits per heavy atom. The van der Waals surface area contributed by atoms with E-state index in [0.717, 1.165) is 11.6 Å². The molecule has 136 valence electrons. The van der Waals surface area contributed by atoms with Gasteiger partial charge in [0, 0.05) is 52.7 Å². The van der Waals surface area contributed by atoms with Crippen LogP contribution in [0.4, 0.5) is 4.79 Å². The van der Waals surface area contributed by atoms with E-state index in [1.165, 1.54) is 10.5 Å². The van der Waals surface area contributed by atoms with Gasteiger partial charge in [0.1, 0.15) is 18.2 Å². The van der Waals surface area contributed by atoms with Gasteiger partial charge in [-0.05, 0) is 24.6 Å². The average Bonchev–Trinajstić information content (AvgIpc) is 3.01. The number of carbonyl (C=O) groups is 1. The summed E-state index contributed by atoms with van der Waals surface area (Å²) in [7, 11) is 5.40. The molecule has 1 aromatic carbocycles. The number of benzene rings is 1. The number of nitrogens with one attached hydrogen (secondary N) is 2. The third-order valence-electron chi connectivity index (χ3n) is 3.93. The molecular weight excluding hydrogens is 318 g/mol. The normalized spacial score (nSPS) is 11.8. The molecule has 7 heteroatoms. The first-order chi connectivity index (χ1) is 12.0. The first-order valence-corrected chi connectivity index (χ1v) is 8.35. The number of amides is 2. The first-order valence-electron chi connectivity index (χ1n) is 8.35. The van der Waals surface area contributed by atoms with Crippen molar-refractivity contribution in [3.8, 4) is 5.75 Å². The summed E-state index contributed by atoms with van der Waals surface area (Å²) in [5, 5.41) is 6.22. The Hall–Kier alpha value is -2.54. The molecule has 0 radical (unpaired) electrons. The Labute approximate surface area is 149 Å². The maximum Gasteiger partial charge on any atom is 0.316 e. The molecule has 2 aromatic rings. The van der Waals surface area contributed by atoms with Crippen molar-refractivity contribution in [1.29, 1.82) is 0 Å². The largest absolute Gasteiger partial charge is 0.486 e. The molecule has 0 bridgehead atoms. The minimum absolute atomic E-state index is 0.0799. The van der Waals surface area contributed by atoms with Crippen LogP contribution in [0.2, 0.25) is 0 Å². The summed E-state index contributed by atoms with van der Waals surface area (Å²) in [5.74, 6) is 1.70. The third-order valence-corrected chi connectivity index (χ3v) is 3.93. The number of hydrogen-bond donors (Lipinski definition) is 2. The Morgan fingerprint density at radius 2 is 2.00 bits per heavy atom. The molecule has 1 unspecified atom stereocenters. The van der Waals surface area contributed by atoms with Gasteiger partial charge in [-0.1, -0.05) is 12.1 Å². The van der Waals surface area contributed by atoms with Crippen LogP contribution in [0.3, 0.4) is 0 Å². The van der Waals surface area contributed by atoms with Crippen LogP contribution in [0.1, 0.15) is 24.4 Å². The van der Waals surface area contributed by atoms with E-state index in [1.54, 1.807) is 20.3 Å². The molecule has 0 saturated heterocycles. The zero-order valence-corrected chi connectivity index (χ0v) is 15.3. The lowest BCUT2D eigenvalue weighted by Crippen LogP contribution is -2.38. The van der Waals surface area contributed by atoms with Crippen molar-refractivity contribution in [2.45, 2.75) is 19.6 Å². The predicted octanol–water partition coefficient (Wildman–Crippen LogP) is 1.92. The van der Waals surface area contributed by atoms with Gasteiger partial charge in [0.05, 0.1) is 0 Å². The molecule has 0 fully saturated rings. The molecule has 2 N–H and O–H groups in total. The number of rotatable bonds is 8. The SMILES string of the molecule is CC(NCCNC(=O)N(C)C)c1ccc(OCc2nccn2C)cc1. The minimum atomic E-state index is -0.0799. The van der Waals surface area contributed by atoms with Crippen molar-refractivity contribution in [2.24, 2.45) is 7.05 Å². The molecular formula is C18H27N5O2. The van der Waals surface area contributed by atoms with E-state index < -0.39 is 0 Å². The molecule has 2 rings (SSSR count). The Kier molecular flexibility index (Phi) is 6.82. The summed E-state index contributed by atoms with van der Waals surface area (Å²) in [5.41, 5.74) is 1.17. The number of hydrogen-bond acceptors (Lipinski definition) is 4. The highest BCUT2D eigenvalue weighted by Crippen LogP contribution is 2.18. The first kappa shape index (κ1) is 18.8. The molecule has 25 heavy (non-hydrogen) atoms. The van der Waals surface area contributed by atoms with E-state index in [4.69, 9.17) is 4.74 Å². The van der Waals surface area contributed by atoms with Crippen molar-refractivity contribution < 1.29 is 9.53 Å². The molecule has 7 nitrogen and oxygen atoms in total. The molecule has 2 amide bonds. The lowest BCUT2D eigenvalue weighted by Gasteiger charge is -2.16. The van der Waals surface area contributed by atoms with E-state index in [-0.39, 0.29) is 12.1 Å². The van der Waals surface area contributed by atoms with Crippen LogP contribution >= 0.6 is 0 Å². The fourth-order valence-electron chi connectivity index (χ4n) is 2.27. The van der Waals surface area contributed by atoms with Crippen LogP contribution in [0, 0.1) is 0 Å². The van der Waals surface area contributed by atoms with Gasteiger partial charge < -0.3 is 24.8 Å². The topological polar surface area (TPSA) is 71.4 Å². The van der Waals surface area contributed by atoms with Crippen LogP contribution in [0.5, 0.6) is 5.75 Å². The monoisotopic (exact) mass is 345 g/mol. The summed E-state index contributed by atoms with van der Waals surface area (Å²) in [4.78, 5) is 17.2. The van der Waals surface area contributed by atoms with Gasteiger partial charge in [0.2, 0.25) is 0 Å². The highest BCUT2D eigenvalue weighted by Gasteiger charge is 2.07. The summed E-state index contributed by atoms with van der Waals surface area (Å²) < 4.78 is 7.70. The van der Waals surface area contributed by atoms with Crippen LogP contribution in [0.25, 0.3) is 0 Å². The summed E-state index contributed by atoms with van der Waals surface area (Å²) in [6.45, 7) is 3.84. The van der Waals surface area contributed by atoms with Crippen molar-refractivity contribution in [1.82, 2.24) is 25.1 Å². The Balaban J connectivity index is 1.75. The highest BCUT2D eigenvalue weighted by atomic mass is 16.5. The zero-order chi connectivity index (χ0) is 18.2. The summed E-state index contributed by atoms with van der Waals surface area (Å²) in [6, 6.07) is 8.13. The standard InChI is InChI=1S/C18H27N5O2/c1-14(19-9-10-21-18(24)22(2)3)15-5-7-16(8-6-15)25-13-17-20-11-12-23(17)4/h5-8,11-12,14,19H,9-10,13H2,1-4H3,(H,21,24). The zero-order valence-electron chi connectivity index (χ0n) is 15.3. The quantitative estimate of drug-likeness (QED) is 0.717. The second kappa shape index (κ2) is 9.08. The van der Waals surface area contributed by atoms with Gasteiger partial charge in [0.15, 0.2) is 0 Å². The molecule has 0 aliphatic rings. The lowest BCUT2D eigenvalue weighted by molar-refractivity contribution is 0.217. The number of aryl methyl sites for hydroxylation is 1. The minimum Gasteiger partial charge on any atom is -0.486 e. The maximum absolute atomic E-state index is 11.4. The number of nitrogens with zero attached hydrogens (tertiary/aromatic N) is 3. The van der Waals surface area contributed by atoms with Gasteiger partial charge in [-0.25, -0.2) is 9.78 Å². The Bertz CT molecular complexity index is 666. The average molecular weight is 345 g/mol. The van der Waals surface area contributed by atoms with Crippen molar-refractivity contribution in [3.05, 3.63) is 48.0 Å². The van der Waals surface area contributed by atoms with Crippen molar-refractivity contribution >= 4 is 6.03 Å². The molecule has 0 spiro atoms. The van der Waals surface area contributed by atoms with Gasteiger partial charge in [-0.3, -0.25) is 0 Å².